The zero-order valence-electron chi connectivity index (χ0n) is 11.3. The smallest absolute Gasteiger partial charge is 0.193 e. The molecule has 0 unspecified atom stereocenters. The lowest BCUT2D eigenvalue weighted by molar-refractivity contribution is 0.0992. The Labute approximate surface area is 120 Å². The molecule has 0 N–H and O–H groups in total. The second-order valence-electron chi connectivity index (χ2n) is 4.61. The molecule has 2 heterocycles. The van der Waals surface area contributed by atoms with Crippen molar-refractivity contribution in [2.24, 2.45) is 0 Å². The van der Waals surface area contributed by atoms with Crippen molar-refractivity contribution in [1.82, 2.24) is 9.38 Å². The van der Waals surface area contributed by atoms with Gasteiger partial charge in [-0.05, 0) is 30.7 Å². The molecule has 0 aliphatic heterocycles. The van der Waals surface area contributed by atoms with Gasteiger partial charge in [-0.25, -0.2) is 4.98 Å². The molecule has 0 fully saturated rings. The van der Waals surface area contributed by atoms with Crippen molar-refractivity contribution in [1.29, 1.82) is 0 Å². The number of hydrogen-bond acceptors (Lipinski definition) is 4. The second-order valence-corrected chi connectivity index (χ2v) is 5.48. The van der Waals surface area contributed by atoms with Crippen LogP contribution in [0, 0.1) is 6.92 Å². The van der Waals surface area contributed by atoms with Crippen LogP contribution in [0.2, 0.25) is 0 Å². The van der Waals surface area contributed by atoms with Gasteiger partial charge in [0.15, 0.2) is 10.7 Å². The molecule has 0 radical (unpaired) electrons. The van der Waals surface area contributed by atoms with Crippen molar-refractivity contribution in [3.63, 3.8) is 0 Å². The Balaban J connectivity index is 1.82. The molecule has 20 heavy (non-hydrogen) atoms. The van der Waals surface area contributed by atoms with E-state index in [0.29, 0.717) is 12.0 Å². The van der Waals surface area contributed by atoms with E-state index in [2.05, 4.69) is 4.98 Å². The van der Waals surface area contributed by atoms with Gasteiger partial charge in [0.2, 0.25) is 0 Å². The molecular weight excluding hydrogens is 272 g/mol. The summed E-state index contributed by atoms with van der Waals surface area (Å²) in [6, 6.07) is 5.49. The molecule has 1 aromatic carbocycles. The molecule has 2 aromatic heterocycles. The number of imidazole rings is 1. The summed E-state index contributed by atoms with van der Waals surface area (Å²) >= 11 is 1.56. The summed E-state index contributed by atoms with van der Waals surface area (Å²) in [6.45, 7) is 1.93. The molecule has 0 aliphatic rings. The first-order valence-corrected chi connectivity index (χ1v) is 7.14. The largest absolute Gasteiger partial charge is 0.496 e. The first-order chi connectivity index (χ1) is 9.67. The molecule has 0 aliphatic carbocycles. The van der Waals surface area contributed by atoms with Crippen LogP contribution in [0.15, 0.2) is 36.0 Å². The third kappa shape index (κ3) is 2.32. The number of fused-ring (bicyclic) bond motifs is 1. The van der Waals surface area contributed by atoms with Gasteiger partial charge >= 0.3 is 0 Å². The van der Waals surface area contributed by atoms with Crippen molar-refractivity contribution in [3.05, 3.63) is 52.8 Å². The van der Waals surface area contributed by atoms with Crippen LogP contribution in [0.1, 0.15) is 21.6 Å². The van der Waals surface area contributed by atoms with Gasteiger partial charge < -0.3 is 4.74 Å². The van der Waals surface area contributed by atoms with Gasteiger partial charge in [0, 0.05) is 23.3 Å². The number of nitrogens with zero attached hydrogens (tertiary/aromatic N) is 2. The molecule has 4 nitrogen and oxygen atoms in total. The number of ketones is 1. The number of ether oxygens (including phenoxy) is 1. The highest BCUT2D eigenvalue weighted by Crippen LogP contribution is 2.20. The standard InChI is InChI=1S/C15H14N2O2S/c1-10-7-11(3-4-14(10)19-2)13(18)8-12-9-17-5-6-20-15(17)16-12/h3-7,9H,8H2,1-2H3. The maximum Gasteiger partial charge on any atom is 0.193 e. The average molecular weight is 286 g/mol. The van der Waals surface area contributed by atoms with Gasteiger partial charge in [0.1, 0.15) is 5.75 Å². The van der Waals surface area contributed by atoms with E-state index in [1.165, 1.54) is 0 Å². The van der Waals surface area contributed by atoms with Crippen LogP contribution < -0.4 is 4.74 Å². The van der Waals surface area contributed by atoms with Crippen molar-refractivity contribution in [3.8, 4) is 5.75 Å². The summed E-state index contributed by atoms with van der Waals surface area (Å²) in [5.41, 5.74) is 2.46. The van der Waals surface area contributed by atoms with Crippen LogP contribution in [0.25, 0.3) is 4.96 Å². The molecule has 0 atom stereocenters. The van der Waals surface area contributed by atoms with Crippen LogP contribution in [-0.4, -0.2) is 22.3 Å². The van der Waals surface area contributed by atoms with E-state index >= 15 is 0 Å². The van der Waals surface area contributed by atoms with E-state index < -0.39 is 0 Å². The van der Waals surface area contributed by atoms with Crippen LogP contribution >= 0.6 is 11.3 Å². The second kappa shape index (κ2) is 5.09. The van der Waals surface area contributed by atoms with Gasteiger partial charge in [0.05, 0.1) is 19.2 Å². The van der Waals surface area contributed by atoms with Gasteiger partial charge in [-0.15, -0.1) is 11.3 Å². The van der Waals surface area contributed by atoms with Crippen LogP contribution in [-0.2, 0) is 6.42 Å². The lowest BCUT2D eigenvalue weighted by atomic mass is 10.0. The van der Waals surface area contributed by atoms with Crippen molar-refractivity contribution in [2.45, 2.75) is 13.3 Å². The lowest BCUT2D eigenvalue weighted by Gasteiger charge is -2.06. The number of carbonyl (C=O) groups is 1. The summed E-state index contributed by atoms with van der Waals surface area (Å²) in [5.74, 6) is 0.866. The van der Waals surface area contributed by atoms with Gasteiger partial charge in [0.25, 0.3) is 0 Å². The number of benzene rings is 1. The van der Waals surface area contributed by atoms with Crippen LogP contribution in [0.4, 0.5) is 0 Å². The minimum absolute atomic E-state index is 0.0708. The average Bonchev–Trinajstić information content (AvgIpc) is 2.99. The molecule has 0 spiro atoms. The van der Waals surface area contributed by atoms with Gasteiger partial charge in [-0.1, -0.05) is 0 Å². The first-order valence-electron chi connectivity index (χ1n) is 6.26. The molecule has 5 heteroatoms. The minimum atomic E-state index is 0.0708. The normalized spacial score (nSPS) is 10.9. The molecular formula is C15H14N2O2S. The third-order valence-corrected chi connectivity index (χ3v) is 3.97. The molecule has 3 rings (SSSR count). The summed E-state index contributed by atoms with van der Waals surface area (Å²) in [4.78, 5) is 17.6. The molecule has 102 valence electrons. The topological polar surface area (TPSA) is 43.6 Å². The Hall–Kier alpha value is -2.14. The zero-order chi connectivity index (χ0) is 14.1. The summed E-state index contributed by atoms with van der Waals surface area (Å²) < 4.78 is 7.14. The lowest BCUT2D eigenvalue weighted by Crippen LogP contribution is -2.04. The number of thiazole rings is 1. The predicted molar refractivity (Wildman–Crippen MR) is 78.8 cm³/mol. The highest BCUT2D eigenvalue weighted by atomic mass is 32.1. The summed E-state index contributed by atoms with van der Waals surface area (Å²) in [5, 5.41) is 1.97. The number of Topliss-reactive ketones (excluding diaryl/α,β-unsaturated/α-hetero) is 1. The highest BCUT2D eigenvalue weighted by Gasteiger charge is 2.12. The predicted octanol–water partition coefficient (Wildman–Crippen LogP) is 3.14. The highest BCUT2D eigenvalue weighted by molar-refractivity contribution is 7.15. The quantitative estimate of drug-likeness (QED) is 0.692. The van der Waals surface area contributed by atoms with E-state index in [4.69, 9.17) is 4.74 Å². The van der Waals surface area contributed by atoms with E-state index in [0.717, 1.165) is 22.0 Å². The first kappa shape index (κ1) is 12.9. The van der Waals surface area contributed by atoms with Gasteiger partial charge in [-0.2, -0.15) is 0 Å². The molecule has 3 aromatic rings. The fourth-order valence-electron chi connectivity index (χ4n) is 2.18. The summed E-state index contributed by atoms with van der Waals surface area (Å²) in [6.07, 6.45) is 4.17. The fraction of sp³-hybridized carbons (Fsp3) is 0.200. The van der Waals surface area contributed by atoms with Gasteiger partial charge in [-0.3, -0.25) is 9.20 Å². The Morgan fingerprint density at radius 1 is 1.45 bits per heavy atom. The SMILES string of the molecule is COc1ccc(C(=O)Cc2cn3ccsc3n2)cc1C. The molecule has 0 amide bonds. The van der Waals surface area contributed by atoms with Crippen molar-refractivity contribution in [2.75, 3.05) is 7.11 Å². The van der Waals surface area contributed by atoms with E-state index in [1.807, 2.05) is 41.2 Å². The zero-order valence-corrected chi connectivity index (χ0v) is 12.1. The van der Waals surface area contributed by atoms with E-state index in [-0.39, 0.29) is 5.78 Å². The number of hydrogen-bond donors (Lipinski definition) is 0. The number of aryl methyl sites for hydroxylation is 1. The van der Waals surface area contributed by atoms with Crippen molar-refractivity contribution >= 4 is 22.1 Å². The number of methoxy groups -OCH3 is 1. The Morgan fingerprint density at radius 2 is 2.30 bits per heavy atom. The monoisotopic (exact) mass is 286 g/mol. The van der Waals surface area contributed by atoms with E-state index in [9.17, 15) is 4.79 Å². The summed E-state index contributed by atoms with van der Waals surface area (Å²) in [7, 11) is 1.63. The number of aromatic nitrogens is 2. The number of rotatable bonds is 4. The fourth-order valence-corrected chi connectivity index (χ4v) is 2.90. The minimum Gasteiger partial charge on any atom is -0.496 e. The number of carbonyl (C=O) groups excluding carboxylic acids is 1. The van der Waals surface area contributed by atoms with E-state index in [1.54, 1.807) is 24.5 Å². The Morgan fingerprint density at radius 3 is 3.00 bits per heavy atom. The Kier molecular flexibility index (Phi) is 3.28. The molecule has 0 bridgehead atoms. The molecule has 0 saturated carbocycles. The Bertz CT molecular complexity index is 745. The van der Waals surface area contributed by atoms with Crippen LogP contribution in [0.3, 0.4) is 0 Å². The van der Waals surface area contributed by atoms with Crippen LogP contribution in [0.5, 0.6) is 5.75 Å². The maximum atomic E-state index is 12.3. The maximum absolute atomic E-state index is 12.3. The molecule has 0 saturated heterocycles. The third-order valence-electron chi connectivity index (χ3n) is 3.20. The van der Waals surface area contributed by atoms with Crippen molar-refractivity contribution < 1.29 is 9.53 Å².